The van der Waals surface area contributed by atoms with E-state index < -0.39 is 0 Å². The summed E-state index contributed by atoms with van der Waals surface area (Å²) in [6.45, 7) is 4.00. The molecule has 49 heavy (non-hydrogen) atoms. The Morgan fingerprint density at radius 3 is 1.86 bits per heavy atom. The van der Waals surface area contributed by atoms with Gasteiger partial charge >= 0.3 is 0 Å². The molecule has 0 fully saturated rings. The third-order valence-electron chi connectivity index (χ3n) is 9.03. The molecule has 5 N–H and O–H groups in total. The molecule has 0 aliphatic carbocycles. The van der Waals surface area contributed by atoms with E-state index in [1.165, 1.54) is 32.5 Å². The van der Waals surface area contributed by atoms with Gasteiger partial charge in [0.15, 0.2) is 0 Å². The molecule has 0 amide bonds. The van der Waals surface area contributed by atoms with E-state index in [2.05, 4.69) is 114 Å². The summed E-state index contributed by atoms with van der Waals surface area (Å²) >= 11 is 0. The van der Waals surface area contributed by atoms with Crippen molar-refractivity contribution in [3.8, 4) is 0 Å². The van der Waals surface area contributed by atoms with E-state index in [9.17, 15) is 0 Å². The maximum atomic E-state index is 8.70. The van der Waals surface area contributed by atoms with Crippen molar-refractivity contribution in [1.82, 2.24) is 4.57 Å². The molecule has 0 radical (unpaired) electrons. The van der Waals surface area contributed by atoms with Crippen LogP contribution in [0.2, 0.25) is 0 Å². The number of hydrogen-bond donors (Lipinski definition) is 3. The van der Waals surface area contributed by atoms with Gasteiger partial charge in [-0.25, -0.2) is 4.99 Å². The Balaban J connectivity index is 0.000000290. The number of benzene rings is 7. The second-order valence-electron chi connectivity index (χ2n) is 12.1. The van der Waals surface area contributed by atoms with Gasteiger partial charge < -0.3 is 16.0 Å². The minimum Gasteiger partial charge on any atom is -0.403 e. The van der Waals surface area contributed by atoms with Gasteiger partial charge in [0.1, 0.15) is 11.7 Å². The highest BCUT2D eigenvalue weighted by molar-refractivity contribution is 6.22. The van der Waals surface area contributed by atoms with Crippen molar-refractivity contribution in [2.24, 2.45) is 16.5 Å². The molecule has 8 rings (SSSR count). The van der Waals surface area contributed by atoms with Crippen LogP contribution in [0.4, 0.5) is 0 Å². The maximum Gasteiger partial charge on any atom is 0.149 e. The predicted octanol–water partition coefficient (Wildman–Crippen LogP) is 10.3. The van der Waals surface area contributed by atoms with Gasteiger partial charge in [-0.3, -0.25) is 5.41 Å². The zero-order valence-electron chi connectivity index (χ0n) is 27.6. The maximum absolute atomic E-state index is 8.70. The third kappa shape index (κ3) is 5.94. The van der Waals surface area contributed by atoms with Gasteiger partial charge in [-0.1, -0.05) is 133 Å². The molecule has 0 spiro atoms. The number of allylic oxidation sites excluding steroid dienone is 2. The van der Waals surface area contributed by atoms with Crippen LogP contribution in [0.25, 0.3) is 59.8 Å². The Bertz CT molecular complexity index is 2610. The molecule has 0 saturated heterocycles. The first-order chi connectivity index (χ1) is 23.9. The highest BCUT2D eigenvalue weighted by Crippen LogP contribution is 2.37. The van der Waals surface area contributed by atoms with E-state index >= 15 is 0 Å². The first-order valence-corrected chi connectivity index (χ1v) is 16.3. The summed E-state index contributed by atoms with van der Waals surface area (Å²) in [4.78, 5) is 4.46. The molecule has 8 aromatic rings. The van der Waals surface area contributed by atoms with Crippen LogP contribution in [-0.2, 0) is 0 Å². The Morgan fingerprint density at radius 1 is 0.612 bits per heavy atom. The molecule has 0 saturated carbocycles. The fourth-order valence-corrected chi connectivity index (χ4v) is 6.60. The average Bonchev–Trinajstić information content (AvgIpc) is 3.48. The van der Waals surface area contributed by atoms with Gasteiger partial charge in [0.25, 0.3) is 0 Å². The largest absolute Gasteiger partial charge is 0.403 e. The van der Waals surface area contributed by atoms with Crippen LogP contribution in [0.1, 0.15) is 18.1 Å². The molecule has 5 heteroatoms. The third-order valence-corrected chi connectivity index (χ3v) is 9.03. The number of para-hydroxylation sites is 1. The van der Waals surface area contributed by atoms with E-state index in [1.807, 2.05) is 61.5 Å². The molecule has 1 heterocycles. The smallest absolute Gasteiger partial charge is 0.149 e. The van der Waals surface area contributed by atoms with Crippen molar-refractivity contribution >= 4 is 71.5 Å². The summed E-state index contributed by atoms with van der Waals surface area (Å²) in [7, 11) is 0. The van der Waals surface area contributed by atoms with E-state index in [4.69, 9.17) is 16.9 Å². The van der Waals surface area contributed by atoms with Crippen LogP contribution >= 0.6 is 0 Å². The zero-order valence-corrected chi connectivity index (χ0v) is 27.6. The Hall–Kier alpha value is -6.46. The van der Waals surface area contributed by atoms with E-state index in [1.54, 1.807) is 6.20 Å². The molecular weight excluding hydrogens is 599 g/mol. The van der Waals surface area contributed by atoms with Gasteiger partial charge in [-0.15, -0.1) is 0 Å². The van der Waals surface area contributed by atoms with E-state index in [-0.39, 0.29) is 5.84 Å². The number of nitrogens with one attached hydrogen (secondary N) is 1. The first-order valence-electron chi connectivity index (χ1n) is 16.3. The average molecular weight is 636 g/mol. The van der Waals surface area contributed by atoms with E-state index in [0.717, 1.165) is 38.5 Å². The lowest BCUT2D eigenvalue weighted by atomic mass is 10.0. The van der Waals surface area contributed by atoms with Gasteiger partial charge in [-0.05, 0) is 75.5 Å². The SMILES string of the molecule is C/C(=C\C(=C/N)n1c2ccccc2c2c3ccccc3ccc21)C(=N)N=C(N)c1cccc2ccccc12.Cc1cccc2ccccc12. The number of hydrogen-bond acceptors (Lipinski definition) is 2. The van der Waals surface area contributed by atoms with Gasteiger partial charge in [0, 0.05) is 22.5 Å². The number of amidine groups is 2. The minimum atomic E-state index is 0.0843. The molecule has 0 aliphatic rings. The fourth-order valence-electron chi connectivity index (χ4n) is 6.60. The second-order valence-corrected chi connectivity index (χ2v) is 12.1. The summed E-state index contributed by atoms with van der Waals surface area (Å²) in [6.07, 6.45) is 3.47. The predicted molar refractivity (Wildman–Crippen MR) is 210 cm³/mol. The molecule has 238 valence electrons. The van der Waals surface area contributed by atoms with Crippen molar-refractivity contribution in [3.63, 3.8) is 0 Å². The monoisotopic (exact) mass is 635 g/mol. The lowest BCUT2D eigenvalue weighted by Crippen LogP contribution is -2.16. The second kappa shape index (κ2) is 13.3. The molecule has 0 aliphatic heterocycles. The van der Waals surface area contributed by atoms with Crippen molar-refractivity contribution in [2.75, 3.05) is 0 Å². The Kier molecular flexibility index (Phi) is 8.48. The van der Waals surface area contributed by atoms with Crippen LogP contribution in [0.5, 0.6) is 0 Å². The van der Waals surface area contributed by atoms with Crippen molar-refractivity contribution in [2.45, 2.75) is 13.8 Å². The van der Waals surface area contributed by atoms with Crippen LogP contribution < -0.4 is 11.5 Å². The Labute approximate surface area is 285 Å². The summed E-state index contributed by atoms with van der Waals surface area (Å²) in [5.41, 5.74) is 18.3. The quantitative estimate of drug-likeness (QED) is 0.102. The standard InChI is InChI=1S/C33H27N5.C11H10/c1-21(32(35)37-33(36)27-15-8-11-22-9-2-4-12-25(22)27)19-24(20-34)38-29-16-7-6-14-28(29)31-26-13-5-3-10-23(26)17-18-30(31)38;1-9-5-4-7-10-6-2-3-8-11(9)10/h2-20H,34H2,1H3,(H3,35,36,37);2-8H,1H3/b21-19+,24-20+;. The number of nitrogens with zero attached hydrogens (tertiary/aromatic N) is 2. The molecule has 7 aromatic carbocycles. The number of rotatable bonds is 4. The highest BCUT2D eigenvalue weighted by atomic mass is 15.0. The lowest BCUT2D eigenvalue weighted by Gasteiger charge is -2.11. The molecule has 5 nitrogen and oxygen atoms in total. The van der Waals surface area contributed by atoms with Gasteiger partial charge in [0.05, 0.1) is 16.7 Å². The van der Waals surface area contributed by atoms with Crippen LogP contribution in [0.3, 0.4) is 0 Å². The highest BCUT2D eigenvalue weighted by Gasteiger charge is 2.15. The minimum absolute atomic E-state index is 0.0843. The summed E-state index contributed by atoms with van der Waals surface area (Å²) in [5, 5.41) is 18.2. The van der Waals surface area contributed by atoms with Crippen LogP contribution in [-0.4, -0.2) is 16.2 Å². The molecule has 0 unspecified atom stereocenters. The lowest BCUT2D eigenvalue weighted by molar-refractivity contribution is 1.22. The zero-order chi connectivity index (χ0) is 33.9. The van der Waals surface area contributed by atoms with Gasteiger partial charge in [0.2, 0.25) is 0 Å². The summed E-state index contributed by atoms with van der Waals surface area (Å²) < 4.78 is 2.14. The number of aliphatic imine (C=N–C) groups is 1. The molecule has 0 bridgehead atoms. The molecular formula is C44H37N5. The summed E-state index contributed by atoms with van der Waals surface area (Å²) in [5.74, 6) is 0.391. The topological polar surface area (TPSA) is 93.2 Å². The van der Waals surface area contributed by atoms with Crippen LogP contribution in [0.15, 0.2) is 168 Å². The van der Waals surface area contributed by atoms with Crippen molar-refractivity contribution in [1.29, 1.82) is 5.41 Å². The normalized spacial score (nSPS) is 12.5. The van der Waals surface area contributed by atoms with Crippen LogP contribution in [0, 0.1) is 12.3 Å². The number of aryl methyl sites for hydroxylation is 1. The van der Waals surface area contributed by atoms with Crippen molar-refractivity contribution < 1.29 is 0 Å². The number of nitrogens with two attached hydrogens (primary N) is 2. The van der Waals surface area contributed by atoms with Crippen molar-refractivity contribution in [3.05, 3.63) is 175 Å². The van der Waals surface area contributed by atoms with Gasteiger partial charge in [-0.2, -0.15) is 0 Å². The number of aromatic nitrogens is 1. The molecule has 0 atom stereocenters. The molecule has 1 aromatic heterocycles. The first kappa shape index (κ1) is 31.2. The fraction of sp³-hybridized carbons (Fsp3) is 0.0455. The Morgan fingerprint density at radius 2 is 1.16 bits per heavy atom. The number of fused-ring (bicyclic) bond motifs is 7. The summed E-state index contributed by atoms with van der Waals surface area (Å²) in [6, 6.07) is 49.8. The van der Waals surface area contributed by atoms with E-state index in [0.29, 0.717) is 11.4 Å².